The van der Waals surface area contributed by atoms with E-state index in [9.17, 15) is 5.11 Å². The van der Waals surface area contributed by atoms with Crippen LogP contribution in [0.3, 0.4) is 0 Å². The van der Waals surface area contributed by atoms with Crippen molar-refractivity contribution < 1.29 is 14.3 Å². The SMILES string of the molecule is Oc1ccccc1OCc1coc2cc(Br)ccc12. The highest BCUT2D eigenvalue weighted by atomic mass is 79.9. The molecule has 0 spiro atoms. The van der Waals surface area contributed by atoms with E-state index in [1.807, 2.05) is 24.3 Å². The van der Waals surface area contributed by atoms with Gasteiger partial charge in [-0.1, -0.05) is 28.1 Å². The molecule has 19 heavy (non-hydrogen) atoms. The number of para-hydroxylation sites is 2. The van der Waals surface area contributed by atoms with Gasteiger partial charge in [-0.05, 0) is 30.3 Å². The molecule has 0 bridgehead atoms. The van der Waals surface area contributed by atoms with Crippen molar-refractivity contribution in [3.63, 3.8) is 0 Å². The molecule has 0 saturated heterocycles. The molecule has 0 aliphatic heterocycles. The van der Waals surface area contributed by atoms with E-state index in [1.54, 1.807) is 24.5 Å². The van der Waals surface area contributed by atoms with Crippen LogP contribution in [0.15, 0.2) is 57.6 Å². The molecule has 0 saturated carbocycles. The van der Waals surface area contributed by atoms with E-state index in [4.69, 9.17) is 9.15 Å². The van der Waals surface area contributed by atoms with Crippen molar-refractivity contribution in [2.75, 3.05) is 0 Å². The Morgan fingerprint density at radius 1 is 1.16 bits per heavy atom. The van der Waals surface area contributed by atoms with Crippen molar-refractivity contribution in [1.29, 1.82) is 0 Å². The van der Waals surface area contributed by atoms with Gasteiger partial charge < -0.3 is 14.3 Å². The first-order chi connectivity index (χ1) is 9.24. The maximum absolute atomic E-state index is 9.63. The lowest BCUT2D eigenvalue weighted by molar-refractivity contribution is 0.289. The van der Waals surface area contributed by atoms with Crippen molar-refractivity contribution in [2.24, 2.45) is 0 Å². The molecule has 0 amide bonds. The number of hydrogen-bond donors (Lipinski definition) is 1. The minimum atomic E-state index is 0.137. The summed E-state index contributed by atoms with van der Waals surface area (Å²) in [4.78, 5) is 0. The van der Waals surface area contributed by atoms with E-state index < -0.39 is 0 Å². The summed E-state index contributed by atoms with van der Waals surface area (Å²) in [6, 6.07) is 12.8. The Labute approximate surface area is 118 Å². The molecule has 0 unspecified atom stereocenters. The molecular formula is C15H11BrO3. The lowest BCUT2D eigenvalue weighted by Gasteiger charge is -2.06. The van der Waals surface area contributed by atoms with Crippen LogP contribution in [-0.4, -0.2) is 5.11 Å². The van der Waals surface area contributed by atoms with Gasteiger partial charge in [0.15, 0.2) is 11.5 Å². The summed E-state index contributed by atoms with van der Waals surface area (Å²) < 4.78 is 12.0. The molecule has 0 atom stereocenters. The summed E-state index contributed by atoms with van der Waals surface area (Å²) in [5.41, 5.74) is 1.76. The fourth-order valence-electron chi connectivity index (χ4n) is 1.90. The summed E-state index contributed by atoms with van der Waals surface area (Å²) >= 11 is 3.40. The number of phenols is 1. The molecule has 96 valence electrons. The van der Waals surface area contributed by atoms with Crippen molar-refractivity contribution in [3.8, 4) is 11.5 Å². The summed E-state index contributed by atoms with van der Waals surface area (Å²) in [5.74, 6) is 0.604. The number of rotatable bonds is 3. The zero-order valence-corrected chi connectivity index (χ0v) is 11.6. The van der Waals surface area contributed by atoms with Crippen LogP contribution in [0.25, 0.3) is 11.0 Å². The summed E-state index contributed by atoms with van der Waals surface area (Å²) in [5, 5.41) is 10.6. The van der Waals surface area contributed by atoms with Crippen LogP contribution in [0.2, 0.25) is 0 Å². The lowest BCUT2D eigenvalue weighted by Crippen LogP contribution is -1.94. The normalized spacial score (nSPS) is 10.8. The van der Waals surface area contributed by atoms with Crippen molar-refractivity contribution in [1.82, 2.24) is 0 Å². The lowest BCUT2D eigenvalue weighted by atomic mass is 10.2. The Bertz CT molecular complexity index is 718. The number of aromatic hydroxyl groups is 1. The second-order valence-electron chi connectivity index (χ2n) is 4.16. The first kappa shape index (κ1) is 12.1. The van der Waals surface area contributed by atoms with E-state index >= 15 is 0 Å². The highest BCUT2D eigenvalue weighted by Gasteiger charge is 2.08. The monoisotopic (exact) mass is 318 g/mol. The zero-order valence-electron chi connectivity index (χ0n) is 9.97. The van der Waals surface area contributed by atoms with Crippen LogP contribution >= 0.6 is 15.9 Å². The second-order valence-corrected chi connectivity index (χ2v) is 5.07. The van der Waals surface area contributed by atoms with E-state index in [2.05, 4.69) is 15.9 Å². The van der Waals surface area contributed by atoms with Gasteiger partial charge in [0.1, 0.15) is 12.2 Å². The first-order valence-electron chi connectivity index (χ1n) is 5.80. The molecule has 3 nitrogen and oxygen atoms in total. The minimum Gasteiger partial charge on any atom is -0.504 e. The zero-order chi connectivity index (χ0) is 13.2. The number of hydrogen-bond acceptors (Lipinski definition) is 3. The maximum atomic E-state index is 9.63. The molecule has 1 N–H and O–H groups in total. The first-order valence-corrected chi connectivity index (χ1v) is 6.60. The van der Waals surface area contributed by atoms with Gasteiger partial charge in [0.05, 0.1) is 6.26 Å². The average molecular weight is 319 g/mol. The third-order valence-corrected chi connectivity index (χ3v) is 3.36. The van der Waals surface area contributed by atoms with Gasteiger partial charge in [0.25, 0.3) is 0 Å². The average Bonchev–Trinajstić information content (AvgIpc) is 2.80. The third kappa shape index (κ3) is 2.44. The van der Waals surface area contributed by atoms with E-state index in [0.29, 0.717) is 12.4 Å². The Morgan fingerprint density at radius 2 is 2.00 bits per heavy atom. The van der Waals surface area contributed by atoms with Crippen LogP contribution in [0.5, 0.6) is 11.5 Å². The number of ether oxygens (including phenoxy) is 1. The van der Waals surface area contributed by atoms with Gasteiger partial charge >= 0.3 is 0 Å². The molecule has 3 aromatic rings. The van der Waals surface area contributed by atoms with E-state index in [-0.39, 0.29) is 5.75 Å². The molecule has 1 aromatic heterocycles. The second kappa shape index (κ2) is 4.97. The molecular weight excluding hydrogens is 308 g/mol. The van der Waals surface area contributed by atoms with Gasteiger partial charge in [0.2, 0.25) is 0 Å². The summed E-state index contributed by atoms with van der Waals surface area (Å²) in [6.45, 7) is 0.353. The molecule has 0 radical (unpaired) electrons. The number of phenolic OH excluding ortho intramolecular Hbond substituents is 1. The number of furan rings is 1. The van der Waals surface area contributed by atoms with Crippen LogP contribution in [0.4, 0.5) is 0 Å². The van der Waals surface area contributed by atoms with Gasteiger partial charge in [-0.25, -0.2) is 0 Å². The fourth-order valence-corrected chi connectivity index (χ4v) is 2.24. The van der Waals surface area contributed by atoms with Gasteiger partial charge in [-0.3, -0.25) is 0 Å². The number of fused-ring (bicyclic) bond motifs is 1. The Balaban J connectivity index is 1.84. The Hall–Kier alpha value is -1.94. The van der Waals surface area contributed by atoms with Crippen LogP contribution in [0.1, 0.15) is 5.56 Å². The van der Waals surface area contributed by atoms with Crippen LogP contribution < -0.4 is 4.74 Å². The van der Waals surface area contributed by atoms with Gasteiger partial charge in [-0.2, -0.15) is 0 Å². The van der Waals surface area contributed by atoms with Crippen LogP contribution in [-0.2, 0) is 6.61 Å². The van der Waals surface area contributed by atoms with Gasteiger partial charge in [0, 0.05) is 15.4 Å². The van der Waals surface area contributed by atoms with Crippen LogP contribution in [0, 0.1) is 0 Å². The quantitative estimate of drug-likeness (QED) is 0.774. The largest absolute Gasteiger partial charge is 0.504 e. The molecule has 0 aliphatic rings. The molecule has 3 rings (SSSR count). The maximum Gasteiger partial charge on any atom is 0.161 e. The predicted molar refractivity (Wildman–Crippen MR) is 76.4 cm³/mol. The van der Waals surface area contributed by atoms with E-state index in [1.165, 1.54) is 0 Å². The van der Waals surface area contributed by atoms with Crippen molar-refractivity contribution in [2.45, 2.75) is 6.61 Å². The highest BCUT2D eigenvalue weighted by Crippen LogP contribution is 2.28. The number of halogens is 1. The minimum absolute atomic E-state index is 0.137. The predicted octanol–water partition coefficient (Wildman–Crippen LogP) is 4.48. The third-order valence-electron chi connectivity index (χ3n) is 2.87. The smallest absolute Gasteiger partial charge is 0.161 e. The molecule has 0 fully saturated rings. The van der Waals surface area contributed by atoms with E-state index in [0.717, 1.165) is 21.0 Å². The van der Waals surface area contributed by atoms with Gasteiger partial charge in [-0.15, -0.1) is 0 Å². The molecule has 0 aliphatic carbocycles. The van der Waals surface area contributed by atoms with Crippen molar-refractivity contribution >= 4 is 26.9 Å². The Morgan fingerprint density at radius 3 is 2.84 bits per heavy atom. The Kier molecular flexibility index (Phi) is 3.17. The summed E-state index contributed by atoms with van der Waals surface area (Å²) in [6.07, 6.45) is 1.68. The topological polar surface area (TPSA) is 42.6 Å². The molecule has 1 heterocycles. The highest BCUT2D eigenvalue weighted by molar-refractivity contribution is 9.10. The van der Waals surface area contributed by atoms with Crippen molar-refractivity contribution in [3.05, 3.63) is 58.8 Å². The standard InChI is InChI=1S/C15H11BrO3/c16-11-5-6-12-10(9-19-15(12)7-11)8-18-14-4-2-1-3-13(14)17/h1-7,9,17H,8H2. The number of benzene rings is 2. The molecule has 2 aromatic carbocycles. The molecule has 4 heteroatoms. The fraction of sp³-hybridized carbons (Fsp3) is 0.0667. The summed E-state index contributed by atoms with van der Waals surface area (Å²) in [7, 11) is 0.